The van der Waals surface area contributed by atoms with Crippen LogP contribution in [0, 0.1) is 5.41 Å². The number of carbonyl (C=O) groups excluding carboxylic acids is 1. The van der Waals surface area contributed by atoms with Crippen molar-refractivity contribution in [3.63, 3.8) is 0 Å². The highest BCUT2D eigenvalue weighted by Gasteiger charge is 2.28. The number of benzene rings is 1. The molecule has 3 N–H and O–H groups in total. The first kappa shape index (κ1) is 16.9. The normalized spacial score (nSPS) is 14.3. The average Bonchev–Trinajstić information content (AvgIpc) is 2.25. The van der Waals surface area contributed by atoms with Gasteiger partial charge in [-0.1, -0.05) is 51.1 Å². The van der Waals surface area contributed by atoms with Crippen LogP contribution in [-0.2, 0) is 4.79 Å². The van der Waals surface area contributed by atoms with Gasteiger partial charge < -0.3 is 11.1 Å². The number of rotatable bonds is 3. The molecule has 0 aliphatic carbocycles. The lowest BCUT2D eigenvalue weighted by Crippen LogP contribution is -2.44. The monoisotopic (exact) mass is 270 g/mol. The lowest BCUT2D eigenvalue weighted by atomic mass is 9.82. The molecule has 1 amide bonds. The maximum Gasteiger partial charge on any atom is 0.237 e. The summed E-state index contributed by atoms with van der Waals surface area (Å²) in [5.74, 6) is -0.117. The zero-order valence-corrected chi connectivity index (χ0v) is 12.3. The van der Waals surface area contributed by atoms with Crippen molar-refractivity contribution in [2.45, 2.75) is 39.8 Å². The zero-order chi connectivity index (χ0) is 13.1. The minimum absolute atomic E-state index is 0. The highest BCUT2D eigenvalue weighted by atomic mass is 35.5. The summed E-state index contributed by atoms with van der Waals surface area (Å²) in [6.45, 7) is 8.00. The molecule has 102 valence electrons. The van der Waals surface area contributed by atoms with E-state index in [-0.39, 0.29) is 29.8 Å². The van der Waals surface area contributed by atoms with Crippen molar-refractivity contribution < 1.29 is 4.79 Å². The summed E-state index contributed by atoms with van der Waals surface area (Å²) < 4.78 is 0. The van der Waals surface area contributed by atoms with Gasteiger partial charge in [0.05, 0.1) is 12.1 Å². The standard InChI is InChI=1S/C14H22N2O.ClH/c1-10(15)13(17)16-12(14(2,3)4)11-8-6-5-7-9-11;/h5-10,12H,15H2,1-4H3,(H,16,17);1H/t10-,12?;/m1./s1. The van der Waals surface area contributed by atoms with E-state index in [2.05, 4.69) is 26.1 Å². The first-order valence-electron chi connectivity index (χ1n) is 5.93. The van der Waals surface area contributed by atoms with Crippen LogP contribution in [0.25, 0.3) is 0 Å². The van der Waals surface area contributed by atoms with Gasteiger partial charge in [-0.2, -0.15) is 0 Å². The third kappa shape index (κ3) is 4.67. The molecule has 0 saturated carbocycles. The summed E-state index contributed by atoms with van der Waals surface area (Å²) in [6.07, 6.45) is 0. The van der Waals surface area contributed by atoms with Crippen LogP contribution in [0.3, 0.4) is 0 Å². The lowest BCUT2D eigenvalue weighted by Gasteiger charge is -2.32. The quantitative estimate of drug-likeness (QED) is 0.887. The minimum atomic E-state index is -0.483. The van der Waals surface area contributed by atoms with Crippen molar-refractivity contribution in [2.24, 2.45) is 11.1 Å². The second-order valence-electron chi connectivity index (χ2n) is 5.51. The van der Waals surface area contributed by atoms with E-state index in [9.17, 15) is 4.79 Å². The van der Waals surface area contributed by atoms with E-state index >= 15 is 0 Å². The fraction of sp³-hybridized carbons (Fsp3) is 0.500. The van der Waals surface area contributed by atoms with Gasteiger partial charge in [-0.25, -0.2) is 0 Å². The van der Waals surface area contributed by atoms with Crippen LogP contribution >= 0.6 is 12.4 Å². The molecular weight excluding hydrogens is 248 g/mol. The molecular formula is C14H23ClN2O. The Morgan fingerprint density at radius 2 is 1.72 bits per heavy atom. The fourth-order valence-electron chi connectivity index (χ4n) is 1.72. The van der Waals surface area contributed by atoms with E-state index in [0.29, 0.717) is 0 Å². The molecule has 1 aromatic rings. The van der Waals surface area contributed by atoms with Crippen molar-refractivity contribution in [3.8, 4) is 0 Å². The van der Waals surface area contributed by atoms with Gasteiger partial charge >= 0.3 is 0 Å². The second kappa shape index (κ2) is 6.76. The molecule has 0 aromatic heterocycles. The average molecular weight is 271 g/mol. The van der Waals surface area contributed by atoms with Gasteiger partial charge in [-0.3, -0.25) is 4.79 Å². The maximum absolute atomic E-state index is 11.7. The molecule has 0 aliphatic heterocycles. The lowest BCUT2D eigenvalue weighted by molar-refractivity contribution is -0.123. The largest absolute Gasteiger partial charge is 0.347 e. The molecule has 0 saturated heterocycles. The Morgan fingerprint density at radius 1 is 1.22 bits per heavy atom. The molecule has 0 aliphatic rings. The molecule has 1 aromatic carbocycles. The first-order chi connectivity index (χ1) is 7.82. The Labute approximate surface area is 116 Å². The van der Waals surface area contributed by atoms with Crippen LogP contribution in [-0.4, -0.2) is 11.9 Å². The number of nitrogens with one attached hydrogen (secondary N) is 1. The Hall–Kier alpha value is -1.06. The fourth-order valence-corrected chi connectivity index (χ4v) is 1.72. The van der Waals surface area contributed by atoms with Crippen molar-refractivity contribution >= 4 is 18.3 Å². The molecule has 0 spiro atoms. The molecule has 18 heavy (non-hydrogen) atoms. The minimum Gasteiger partial charge on any atom is -0.347 e. The number of hydrogen-bond acceptors (Lipinski definition) is 2. The smallest absolute Gasteiger partial charge is 0.237 e. The number of hydrogen-bond donors (Lipinski definition) is 2. The number of carbonyl (C=O) groups is 1. The highest BCUT2D eigenvalue weighted by Crippen LogP contribution is 2.32. The van der Waals surface area contributed by atoms with E-state index in [0.717, 1.165) is 5.56 Å². The van der Waals surface area contributed by atoms with Gasteiger partial charge in [0.1, 0.15) is 0 Å². The molecule has 3 nitrogen and oxygen atoms in total. The van der Waals surface area contributed by atoms with Crippen molar-refractivity contribution in [2.75, 3.05) is 0 Å². The Kier molecular flexibility index (Phi) is 6.36. The summed E-state index contributed by atoms with van der Waals surface area (Å²) in [7, 11) is 0. The van der Waals surface area contributed by atoms with Crippen LogP contribution < -0.4 is 11.1 Å². The van der Waals surface area contributed by atoms with Crippen LogP contribution in [0.15, 0.2) is 30.3 Å². The summed E-state index contributed by atoms with van der Waals surface area (Å²) in [5, 5.41) is 3.01. The summed E-state index contributed by atoms with van der Waals surface area (Å²) in [5.41, 5.74) is 6.65. The van der Waals surface area contributed by atoms with Gasteiger partial charge in [0.25, 0.3) is 0 Å². The summed E-state index contributed by atoms with van der Waals surface area (Å²) in [4.78, 5) is 11.7. The van der Waals surface area contributed by atoms with E-state index in [4.69, 9.17) is 5.73 Å². The predicted molar refractivity (Wildman–Crippen MR) is 77.7 cm³/mol. The van der Waals surface area contributed by atoms with Crippen LogP contribution in [0.1, 0.15) is 39.3 Å². The number of amides is 1. The molecule has 1 rings (SSSR count). The van der Waals surface area contributed by atoms with Crippen LogP contribution in [0.5, 0.6) is 0 Å². The van der Waals surface area contributed by atoms with Gasteiger partial charge in [0, 0.05) is 0 Å². The second-order valence-corrected chi connectivity index (χ2v) is 5.51. The topological polar surface area (TPSA) is 55.1 Å². The molecule has 0 heterocycles. The van der Waals surface area contributed by atoms with Crippen molar-refractivity contribution in [1.29, 1.82) is 0 Å². The predicted octanol–water partition coefficient (Wildman–Crippen LogP) is 2.66. The third-order valence-electron chi connectivity index (χ3n) is 2.70. The maximum atomic E-state index is 11.7. The van der Waals surface area contributed by atoms with E-state index in [1.807, 2.05) is 30.3 Å². The van der Waals surface area contributed by atoms with E-state index < -0.39 is 6.04 Å². The Balaban J connectivity index is 0.00000289. The molecule has 1 unspecified atom stereocenters. The van der Waals surface area contributed by atoms with Gasteiger partial charge in [0.2, 0.25) is 5.91 Å². The molecule has 4 heteroatoms. The van der Waals surface area contributed by atoms with E-state index in [1.54, 1.807) is 6.92 Å². The van der Waals surface area contributed by atoms with Gasteiger partial charge in [-0.15, -0.1) is 12.4 Å². The van der Waals surface area contributed by atoms with Gasteiger partial charge in [0.15, 0.2) is 0 Å². The van der Waals surface area contributed by atoms with Gasteiger partial charge in [-0.05, 0) is 17.9 Å². The van der Waals surface area contributed by atoms with Crippen LogP contribution in [0.4, 0.5) is 0 Å². The summed E-state index contributed by atoms with van der Waals surface area (Å²) >= 11 is 0. The Bertz CT molecular complexity index is 371. The van der Waals surface area contributed by atoms with Crippen LogP contribution in [0.2, 0.25) is 0 Å². The first-order valence-corrected chi connectivity index (χ1v) is 5.93. The molecule has 2 atom stereocenters. The molecule has 0 fully saturated rings. The van der Waals surface area contributed by atoms with Crippen molar-refractivity contribution in [3.05, 3.63) is 35.9 Å². The summed E-state index contributed by atoms with van der Waals surface area (Å²) in [6, 6.07) is 9.47. The SMILES string of the molecule is C[C@@H](N)C(=O)NC(c1ccccc1)C(C)(C)C.Cl. The number of halogens is 1. The third-order valence-corrected chi connectivity index (χ3v) is 2.70. The molecule has 0 radical (unpaired) electrons. The van der Waals surface area contributed by atoms with Crippen molar-refractivity contribution in [1.82, 2.24) is 5.32 Å². The zero-order valence-electron chi connectivity index (χ0n) is 11.4. The van der Waals surface area contributed by atoms with E-state index in [1.165, 1.54) is 0 Å². The number of nitrogens with two attached hydrogens (primary N) is 1. The highest BCUT2D eigenvalue weighted by molar-refractivity contribution is 5.85. The molecule has 0 bridgehead atoms. The Morgan fingerprint density at radius 3 is 2.11 bits per heavy atom.